The Balaban J connectivity index is 1.32. The normalized spacial score (nSPS) is 18.0. The first-order valence-corrected chi connectivity index (χ1v) is 13.9. The van der Waals surface area contributed by atoms with Crippen LogP contribution in [-0.2, 0) is 14.0 Å². The maximum atomic E-state index is 12.6. The Morgan fingerprint density at radius 3 is 2.42 bits per heavy atom. The molecule has 10 heteroatoms. The average Bonchev–Trinajstić information content (AvgIpc) is 3.35. The van der Waals surface area contributed by atoms with Gasteiger partial charge in [0.25, 0.3) is 0 Å². The monoisotopic (exact) mass is 541 g/mol. The standard InChI is InChI=1S/C30H36BN5O4/c1-29(2,3)40-28(37)35-14-12-34(13-15-35)27-17-25(22-8-6-7-9-23(22)33-27)36-20-32-24-11-10-21(16-26(24)36)31-38-18-30(4,5)19-39-31/h6-11,16-17,20H,12-15,18-19H2,1-5H3. The number of nitrogens with zero attached hydrogens (tertiary/aromatic N) is 5. The quantitative estimate of drug-likeness (QED) is 0.356. The molecule has 0 N–H and O–H groups in total. The fourth-order valence-electron chi connectivity index (χ4n) is 5.20. The average molecular weight is 541 g/mol. The number of rotatable bonds is 3. The second kappa shape index (κ2) is 10.1. The van der Waals surface area contributed by atoms with E-state index >= 15 is 0 Å². The summed E-state index contributed by atoms with van der Waals surface area (Å²) >= 11 is 0. The van der Waals surface area contributed by atoms with Gasteiger partial charge in [-0.2, -0.15) is 0 Å². The second-order valence-corrected chi connectivity index (χ2v) is 12.5. The summed E-state index contributed by atoms with van der Waals surface area (Å²) in [6.45, 7) is 13.7. The Hall–Kier alpha value is -3.63. The molecule has 2 fully saturated rings. The number of carbonyl (C=O) groups excluding carboxylic acids is 1. The smallest absolute Gasteiger partial charge is 0.444 e. The Kier molecular flexibility index (Phi) is 6.71. The maximum absolute atomic E-state index is 12.6. The lowest BCUT2D eigenvalue weighted by atomic mass is 9.76. The number of hydrogen-bond acceptors (Lipinski definition) is 7. The van der Waals surface area contributed by atoms with Gasteiger partial charge in [-0.15, -0.1) is 0 Å². The van der Waals surface area contributed by atoms with Crippen molar-refractivity contribution in [3.05, 3.63) is 54.9 Å². The Labute approximate surface area is 235 Å². The third kappa shape index (κ3) is 5.38. The van der Waals surface area contributed by atoms with E-state index in [1.165, 1.54) is 0 Å². The number of aromatic nitrogens is 3. The van der Waals surface area contributed by atoms with Gasteiger partial charge in [-0.05, 0) is 44.4 Å². The zero-order valence-electron chi connectivity index (χ0n) is 23.9. The van der Waals surface area contributed by atoms with Gasteiger partial charge in [0.05, 0.1) is 22.2 Å². The van der Waals surface area contributed by atoms with Gasteiger partial charge >= 0.3 is 13.2 Å². The molecule has 0 spiro atoms. The van der Waals surface area contributed by atoms with Crippen molar-refractivity contribution < 1.29 is 18.8 Å². The molecule has 1 amide bonds. The molecule has 2 aromatic heterocycles. The predicted molar refractivity (Wildman–Crippen MR) is 157 cm³/mol. The molecule has 0 saturated carbocycles. The molecule has 4 heterocycles. The fourth-order valence-corrected chi connectivity index (χ4v) is 5.20. The number of amides is 1. The number of carbonyl (C=O) groups is 1. The molecular formula is C30H36BN5O4. The van der Waals surface area contributed by atoms with Gasteiger partial charge in [-0.25, -0.2) is 14.8 Å². The van der Waals surface area contributed by atoms with E-state index < -0.39 is 12.7 Å². The van der Waals surface area contributed by atoms with Crippen molar-refractivity contribution in [2.24, 2.45) is 5.41 Å². The number of ether oxygens (including phenoxy) is 1. The van der Waals surface area contributed by atoms with Crippen molar-refractivity contribution in [3.8, 4) is 5.69 Å². The summed E-state index contributed by atoms with van der Waals surface area (Å²) in [4.78, 5) is 26.3. The maximum Gasteiger partial charge on any atom is 0.493 e. The first kappa shape index (κ1) is 26.6. The van der Waals surface area contributed by atoms with Crippen LogP contribution in [0.5, 0.6) is 0 Å². The highest BCUT2D eigenvalue weighted by Gasteiger charge is 2.34. The Bertz CT molecular complexity index is 1550. The van der Waals surface area contributed by atoms with Crippen molar-refractivity contribution in [2.45, 2.75) is 40.2 Å². The van der Waals surface area contributed by atoms with Gasteiger partial charge in [-0.3, -0.25) is 4.57 Å². The molecule has 2 aromatic carbocycles. The van der Waals surface area contributed by atoms with Crippen LogP contribution in [0.4, 0.5) is 10.6 Å². The van der Waals surface area contributed by atoms with Crippen molar-refractivity contribution >= 4 is 46.4 Å². The molecule has 40 heavy (non-hydrogen) atoms. The molecule has 0 unspecified atom stereocenters. The highest BCUT2D eigenvalue weighted by Crippen LogP contribution is 2.30. The minimum Gasteiger partial charge on any atom is -0.444 e. The van der Waals surface area contributed by atoms with E-state index in [1.807, 2.05) is 57.4 Å². The molecule has 9 nitrogen and oxygen atoms in total. The van der Waals surface area contributed by atoms with E-state index in [0.29, 0.717) is 39.4 Å². The zero-order valence-corrected chi connectivity index (χ0v) is 23.9. The summed E-state index contributed by atoms with van der Waals surface area (Å²) in [7, 11) is -0.396. The first-order chi connectivity index (χ1) is 19.1. The minimum atomic E-state index is -0.512. The summed E-state index contributed by atoms with van der Waals surface area (Å²) in [5.41, 5.74) is 4.25. The number of imidazole rings is 1. The third-order valence-electron chi connectivity index (χ3n) is 7.29. The summed E-state index contributed by atoms with van der Waals surface area (Å²) in [6.07, 6.45) is 1.60. The Morgan fingerprint density at radius 1 is 0.975 bits per heavy atom. The van der Waals surface area contributed by atoms with Crippen LogP contribution in [0.3, 0.4) is 0 Å². The fraction of sp³-hybridized carbons (Fsp3) is 0.433. The highest BCUT2D eigenvalue weighted by molar-refractivity contribution is 6.61. The van der Waals surface area contributed by atoms with E-state index in [9.17, 15) is 4.79 Å². The van der Waals surface area contributed by atoms with Crippen LogP contribution in [-0.4, -0.2) is 77.6 Å². The third-order valence-corrected chi connectivity index (χ3v) is 7.29. The van der Waals surface area contributed by atoms with Gasteiger partial charge in [-0.1, -0.05) is 38.1 Å². The lowest BCUT2D eigenvalue weighted by molar-refractivity contribution is 0.0240. The molecular weight excluding hydrogens is 505 g/mol. The van der Waals surface area contributed by atoms with Gasteiger partial charge in [0, 0.05) is 56.3 Å². The SMILES string of the molecule is CC1(C)COB(c2ccc3ncn(-c4cc(N5CCN(C(=O)OC(C)(C)C)CC5)nc5ccccc45)c3c2)OC1. The highest BCUT2D eigenvalue weighted by atomic mass is 16.6. The zero-order chi connectivity index (χ0) is 28.1. The molecule has 2 aliphatic heterocycles. The van der Waals surface area contributed by atoms with Crippen molar-refractivity contribution in [3.63, 3.8) is 0 Å². The molecule has 0 aliphatic carbocycles. The number of piperazine rings is 1. The molecule has 0 bridgehead atoms. The van der Waals surface area contributed by atoms with Crippen molar-refractivity contribution in [1.29, 1.82) is 0 Å². The van der Waals surface area contributed by atoms with Gasteiger partial charge in [0.2, 0.25) is 0 Å². The predicted octanol–water partition coefficient (Wildman–Crippen LogP) is 4.40. The van der Waals surface area contributed by atoms with Crippen molar-refractivity contribution in [2.75, 3.05) is 44.3 Å². The molecule has 4 aromatic rings. The summed E-state index contributed by atoms with van der Waals surface area (Å²) in [5.74, 6) is 0.872. The molecule has 2 aliphatic rings. The summed E-state index contributed by atoms with van der Waals surface area (Å²) < 4.78 is 19.8. The van der Waals surface area contributed by atoms with Crippen LogP contribution in [0, 0.1) is 5.41 Å². The van der Waals surface area contributed by atoms with E-state index in [4.69, 9.17) is 24.0 Å². The lowest BCUT2D eigenvalue weighted by Gasteiger charge is -2.36. The van der Waals surface area contributed by atoms with Gasteiger partial charge in [0.1, 0.15) is 17.7 Å². The number of pyridine rings is 1. The number of anilines is 1. The van der Waals surface area contributed by atoms with E-state index in [1.54, 1.807) is 4.90 Å². The summed E-state index contributed by atoms with van der Waals surface area (Å²) in [6, 6.07) is 16.4. The summed E-state index contributed by atoms with van der Waals surface area (Å²) in [5, 5.41) is 1.04. The van der Waals surface area contributed by atoms with Crippen LogP contribution >= 0.6 is 0 Å². The minimum absolute atomic E-state index is 0.00706. The van der Waals surface area contributed by atoms with Crippen molar-refractivity contribution in [1.82, 2.24) is 19.4 Å². The second-order valence-electron chi connectivity index (χ2n) is 12.5. The van der Waals surface area contributed by atoms with E-state index in [-0.39, 0.29) is 11.5 Å². The molecule has 2 saturated heterocycles. The first-order valence-electron chi connectivity index (χ1n) is 13.9. The number of para-hydroxylation sites is 1. The number of benzene rings is 2. The lowest BCUT2D eigenvalue weighted by Crippen LogP contribution is -2.50. The Morgan fingerprint density at radius 2 is 1.70 bits per heavy atom. The van der Waals surface area contributed by atoms with Crippen LogP contribution < -0.4 is 10.4 Å². The van der Waals surface area contributed by atoms with Crippen LogP contribution in [0.1, 0.15) is 34.6 Å². The van der Waals surface area contributed by atoms with Crippen LogP contribution in [0.25, 0.3) is 27.6 Å². The molecule has 208 valence electrons. The van der Waals surface area contributed by atoms with Crippen LogP contribution in [0.2, 0.25) is 0 Å². The topological polar surface area (TPSA) is 82.0 Å². The number of fused-ring (bicyclic) bond motifs is 2. The molecule has 0 radical (unpaired) electrons. The van der Waals surface area contributed by atoms with E-state index in [0.717, 1.165) is 38.9 Å². The molecule has 6 rings (SSSR count). The largest absolute Gasteiger partial charge is 0.493 e. The van der Waals surface area contributed by atoms with Gasteiger partial charge in [0.15, 0.2) is 0 Å². The van der Waals surface area contributed by atoms with Crippen LogP contribution in [0.15, 0.2) is 54.9 Å². The molecule has 0 atom stereocenters. The van der Waals surface area contributed by atoms with E-state index in [2.05, 4.69) is 41.5 Å². The number of hydrogen-bond donors (Lipinski definition) is 0. The van der Waals surface area contributed by atoms with Gasteiger partial charge < -0.3 is 23.8 Å².